The minimum absolute atomic E-state index is 0.00514. The van der Waals surface area contributed by atoms with Crippen LogP contribution in [0.15, 0.2) is 42.5 Å². The summed E-state index contributed by atoms with van der Waals surface area (Å²) in [5.41, 5.74) is 1.64. The molecule has 0 radical (unpaired) electrons. The molecule has 1 heterocycles. The van der Waals surface area contributed by atoms with Gasteiger partial charge in [-0.1, -0.05) is 29.8 Å². The normalized spacial score (nSPS) is 15.8. The number of piperazine rings is 1. The third kappa shape index (κ3) is 5.63. The van der Waals surface area contributed by atoms with E-state index >= 15 is 0 Å². The molecule has 0 spiro atoms. The standard InChI is InChI=1S/C22H27ClN2O4/c1-16-7-8-17(13-21(16)28-2)22(27)25-11-9-24(10-12-25)14-18(26)15-29-20-6-4-3-5-19(20)23/h3-8,13,18,26H,9-12,14-15H2,1-2H3. The van der Waals surface area contributed by atoms with E-state index in [4.69, 9.17) is 21.1 Å². The molecule has 1 aliphatic rings. The van der Waals surface area contributed by atoms with E-state index in [0.29, 0.717) is 49.1 Å². The van der Waals surface area contributed by atoms with Crippen molar-refractivity contribution in [2.24, 2.45) is 0 Å². The number of aliphatic hydroxyl groups excluding tert-OH is 1. The van der Waals surface area contributed by atoms with E-state index in [0.717, 1.165) is 11.3 Å². The number of hydrogen-bond donors (Lipinski definition) is 1. The first kappa shape index (κ1) is 21.4. The molecule has 156 valence electrons. The molecule has 1 amide bonds. The van der Waals surface area contributed by atoms with Gasteiger partial charge in [-0.25, -0.2) is 0 Å². The number of aliphatic hydroxyl groups is 1. The number of para-hydroxylation sites is 1. The van der Waals surface area contributed by atoms with Crippen LogP contribution in [0.2, 0.25) is 5.02 Å². The molecule has 29 heavy (non-hydrogen) atoms. The van der Waals surface area contributed by atoms with Gasteiger partial charge in [-0.3, -0.25) is 9.69 Å². The van der Waals surface area contributed by atoms with E-state index in [1.54, 1.807) is 25.3 Å². The van der Waals surface area contributed by atoms with Crippen molar-refractivity contribution >= 4 is 17.5 Å². The lowest BCUT2D eigenvalue weighted by Crippen LogP contribution is -2.51. The Kier molecular flexibility index (Phi) is 7.36. The van der Waals surface area contributed by atoms with Crippen molar-refractivity contribution < 1.29 is 19.4 Å². The minimum Gasteiger partial charge on any atom is -0.496 e. The minimum atomic E-state index is -0.630. The summed E-state index contributed by atoms with van der Waals surface area (Å²) in [5.74, 6) is 1.29. The Hall–Kier alpha value is -2.28. The Bertz CT molecular complexity index is 837. The number of β-amino-alcohol motifs (C(OH)–C–C–N with tert-alkyl or cyclic N) is 1. The molecular formula is C22H27ClN2O4. The fourth-order valence-electron chi connectivity index (χ4n) is 3.37. The summed E-state index contributed by atoms with van der Waals surface area (Å²) in [6.07, 6.45) is -0.630. The second-order valence-corrected chi connectivity index (χ2v) is 7.58. The quantitative estimate of drug-likeness (QED) is 0.749. The third-order valence-corrected chi connectivity index (χ3v) is 5.36. The number of carbonyl (C=O) groups excluding carboxylic acids is 1. The van der Waals surface area contributed by atoms with Crippen molar-refractivity contribution in [3.8, 4) is 11.5 Å². The molecule has 0 aliphatic carbocycles. The Morgan fingerprint density at radius 1 is 1.14 bits per heavy atom. The molecule has 7 heteroatoms. The highest BCUT2D eigenvalue weighted by Gasteiger charge is 2.24. The van der Waals surface area contributed by atoms with Gasteiger partial charge in [-0.05, 0) is 36.8 Å². The number of rotatable bonds is 7. The zero-order chi connectivity index (χ0) is 20.8. The van der Waals surface area contributed by atoms with Gasteiger partial charge >= 0.3 is 0 Å². The molecule has 0 saturated carbocycles. The molecule has 2 aromatic rings. The Morgan fingerprint density at radius 3 is 2.55 bits per heavy atom. The number of carbonyl (C=O) groups is 1. The zero-order valence-electron chi connectivity index (χ0n) is 16.8. The Labute approximate surface area is 176 Å². The summed E-state index contributed by atoms with van der Waals surface area (Å²) < 4.78 is 10.9. The number of methoxy groups -OCH3 is 1. The Balaban J connectivity index is 1.46. The average molecular weight is 419 g/mol. The molecule has 1 unspecified atom stereocenters. The van der Waals surface area contributed by atoms with Crippen molar-refractivity contribution in [2.75, 3.05) is 46.4 Å². The molecular weight excluding hydrogens is 392 g/mol. The molecule has 0 bridgehead atoms. The van der Waals surface area contributed by atoms with Crippen LogP contribution >= 0.6 is 11.6 Å². The highest BCUT2D eigenvalue weighted by molar-refractivity contribution is 6.32. The van der Waals surface area contributed by atoms with Gasteiger partial charge in [0.05, 0.1) is 12.1 Å². The number of nitrogens with zero attached hydrogens (tertiary/aromatic N) is 2. The second-order valence-electron chi connectivity index (χ2n) is 7.17. The molecule has 1 atom stereocenters. The van der Waals surface area contributed by atoms with E-state index in [2.05, 4.69) is 4.90 Å². The number of hydrogen-bond acceptors (Lipinski definition) is 5. The largest absolute Gasteiger partial charge is 0.496 e. The van der Waals surface area contributed by atoms with Crippen molar-refractivity contribution in [1.82, 2.24) is 9.80 Å². The lowest BCUT2D eigenvalue weighted by Gasteiger charge is -2.35. The summed E-state index contributed by atoms with van der Waals surface area (Å²) in [6.45, 7) is 5.26. The lowest BCUT2D eigenvalue weighted by molar-refractivity contribution is 0.0403. The first-order valence-corrected chi connectivity index (χ1v) is 10.1. The predicted octanol–water partition coefficient (Wildman–Crippen LogP) is 2.85. The molecule has 6 nitrogen and oxygen atoms in total. The van der Waals surface area contributed by atoms with Gasteiger partial charge in [-0.2, -0.15) is 0 Å². The molecule has 2 aromatic carbocycles. The van der Waals surface area contributed by atoms with Gasteiger partial charge in [0, 0.05) is 38.3 Å². The average Bonchev–Trinajstić information content (AvgIpc) is 2.73. The van der Waals surface area contributed by atoms with Gasteiger partial charge in [-0.15, -0.1) is 0 Å². The predicted molar refractivity (Wildman–Crippen MR) is 113 cm³/mol. The van der Waals surface area contributed by atoms with Crippen molar-refractivity contribution in [3.63, 3.8) is 0 Å². The number of ether oxygens (including phenoxy) is 2. The van der Waals surface area contributed by atoms with Crippen molar-refractivity contribution in [3.05, 3.63) is 58.6 Å². The molecule has 0 aromatic heterocycles. The van der Waals surface area contributed by atoms with Crippen LogP contribution in [0.25, 0.3) is 0 Å². The van der Waals surface area contributed by atoms with Gasteiger partial charge < -0.3 is 19.5 Å². The number of aryl methyl sites for hydroxylation is 1. The molecule has 1 saturated heterocycles. The van der Waals surface area contributed by atoms with Crippen LogP contribution in [0.4, 0.5) is 0 Å². The van der Waals surface area contributed by atoms with Gasteiger partial charge in [0.25, 0.3) is 5.91 Å². The summed E-state index contributed by atoms with van der Waals surface area (Å²) in [4.78, 5) is 16.7. The van der Waals surface area contributed by atoms with Gasteiger partial charge in [0.1, 0.15) is 24.2 Å². The van der Waals surface area contributed by atoms with Crippen molar-refractivity contribution in [1.29, 1.82) is 0 Å². The monoisotopic (exact) mass is 418 g/mol. The molecule has 1 fully saturated rings. The first-order chi connectivity index (χ1) is 14.0. The maximum atomic E-state index is 12.8. The third-order valence-electron chi connectivity index (χ3n) is 5.05. The van der Waals surface area contributed by atoms with Crippen LogP contribution < -0.4 is 9.47 Å². The lowest BCUT2D eigenvalue weighted by atomic mass is 10.1. The second kappa shape index (κ2) is 9.96. The maximum absolute atomic E-state index is 12.8. The van der Waals surface area contributed by atoms with Gasteiger partial charge in [0.15, 0.2) is 0 Å². The first-order valence-electron chi connectivity index (χ1n) is 9.69. The SMILES string of the molecule is COc1cc(C(=O)N2CCN(CC(O)COc3ccccc3Cl)CC2)ccc1C. The number of amides is 1. The number of benzene rings is 2. The molecule has 3 rings (SSSR count). The molecule has 1 N–H and O–H groups in total. The summed E-state index contributed by atoms with van der Waals surface area (Å²) in [7, 11) is 1.61. The maximum Gasteiger partial charge on any atom is 0.254 e. The summed E-state index contributed by atoms with van der Waals surface area (Å²) in [5, 5.41) is 10.8. The topological polar surface area (TPSA) is 62.2 Å². The zero-order valence-corrected chi connectivity index (χ0v) is 17.6. The van der Waals surface area contributed by atoms with E-state index in [-0.39, 0.29) is 12.5 Å². The van der Waals surface area contributed by atoms with Gasteiger partial charge in [0.2, 0.25) is 0 Å². The van der Waals surface area contributed by atoms with Crippen molar-refractivity contribution in [2.45, 2.75) is 13.0 Å². The molecule has 1 aliphatic heterocycles. The smallest absolute Gasteiger partial charge is 0.254 e. The van der Waals surface area contributed by atoms with E-state index < -0.39 is 6.10 Å². The van der Waals surface area contributed by atoms with E-state index in [1.165, 1.54) is 0 Å². The van der Waals surface area contributed by atoms with E-state index in [9.17, 15) is 9.90 Å². The van der Waals surface area contributed by atoms with Crippen LogP contribution in [0.1, 0.15) is 15.9 Å². The van der Waals surface area contributed by atoms with E-state index in [1.807, 2.05) is 36.1 Å². The highest BCUT2D eigenvalue weighted by Crippen LogP contribution is 2.23. The highest BCUT2D eigenvalue weighted by atomic mass is 35.5. The fraction of sp³-hybridized carbons (Fsp3) is 0.409. The number of halogens is 1. The van der Waals surface area contributed by atoms with Crippen LogP contribution in [-0.2, 0) is 0 Å². The summed E-state index contributed by atoms with van der Waals surface area (Å²) in [6, 6.07) is 12.7. The van der Waals surface area contributed by atoms with Crippen LogP contribution in [0.5, 0.6) is 11.5 Å². The van der Waals surface area contributed by atoms with Crippen LogP contribution in [-0.4, -0.2) is 73.4 Å². The Morgan fingerprint density at radius 2 is 1.86 bits per heavy atom. The fourth-order valence-corrected chi connectivity index (χ4v) is 3.56. The summed E-state index contributed by atoms with van der Waals surface area (Å²) >= 11 is 6.06. The van der Waals surface area contributed by atoms with Crippen LogP contribution in [0.3, 0.4) is 0 Å². The van der Waals surface area contributed by atoms with Crippen LogP contribution in [0, 0.1) is 6.92 Å².